The highest BCUT2D eigenvalue weighted by molar-refractivity contribution is 6.31. The molecule has 37 heavy (non-hydrogen) atoms. The molecule has 2 aromatic carbocycles. The summed E-state index contributed by atoms with van der Waals surface area (Å²) in [6, 6.07) is 15.1. The maximum Gasteiger partial charge on any atom is 0.412 e. The normalized spacial score (nSPS) is 25.1. The van der Waals surface area contributed by atoms with Crippen LogP contribution in [0.15, 0.2) is 53.1 Å². The van der Waals surface area contributed by atoms with E-state index in [4.69, 9.17) is 25.6 Å². The van der Waals surface area contributed by atoms with Crippen molar-refractivity contribution in [1.29, 1.82) is 0 Å². The molecule has 2 aliphatic rings. The number of halogens is 1. The lowest BCUT2D eigenvalue weighted by atomic mass is 9.76. The van der Waals surface area contributed by atoms with Crippen LogP contribution >= 0.6 is 11.6 Å². The van der Waals surface area contributed by atoms with E-state index in [9.17, 15) is 14.7 Å². The summed E-state index contributed by atoms with van der Waals surface area (Å²) in [5, 5.41) is 16.5. The van der Waals surface area contributed by atoms with Crippen LogP contribution in [-0.4, -0.2) is 34.5 Å². The Kier molecular flexibility index (Phi) is 6.50. The first-order valence-electron chi connectivity index (χ1n) is 12.3. The molecule has 2 heterocycles. The zero-order chi connectivity index (χ0) is 26.4. The third-order valence-corrected chi connectivity index (χ3v) is 7.91. The quantitative estimate of drug-likeness (QED) is 0.361. The number of fused-ring (bicyclic) bond motifs is 1. The third-order valence-electron chi connectivity index (χ3n) is 7.56. The predicted molar refractivity (Wildman–Crippen MR) is 138 cm³/mol. The van der Waals surface area contributed by atoms with Crippen molar-refractivity contribution in [1.82, 2.24) is 5.16 Å². The number of amides is 1. The molecule has 1 aliphatic carbocycles. The van der Waals surface area contributed by atoms with E-state index in [1.807, 2.05) is 42.5 Å². The molecule has 3 aromatic rings. The van der Waals surface area contributed by atoms with Gasteiger partial charge in [-0.15, -0.1) is 0 Å². The molecule has 2 N–H and O–H groups in total. The monoisotopic (exact) mass is 524 g/mol. The van der Waals surface area contributed by atoms with E-state index in [1.165, 1.54) is 0 Å². The zero-order valence-electron chi connectivity index (χ0n) is 20.9. The number of nitrogens with one attached hydrogen (secondary N) is 1. The molecule has 0 spiro atoms. The highest BCUT2D eigenvalue weighted by Crippen LogP contribution is 2.59. The van der Waals surface area contributed by atoms with Crippen LogP contribution in [0.5, 0.6) is 0 Å². The van der Waals surface area contributed by atoms with Gasteiger partial charge >= 0.3 is 12.1 Å². The maximum atomic E-state index is 12.7. The largest absolute Gasteiger partial charge is 0.481 e. The number of nitrogens with zero attached hydrogens (tertiary/aromatic N) is 1. The standard InChI is InChI=1S/C28H29ClN2O6/c1-16-24(30-26(34)36-17(2)21-6-4-5-7-22(21)29)25(37-31-16)18-8-10-19(11-9-18)27(3)12-20-13-28(20,35-15-27)14-23(32)33/h4-11,17,20H,12-15H2,1-3H3,(H,30,34)(H,32,33)/t17-,20?,27?,28?/m1/s1. The molecular weight excluding hydrogens is 496 g/mol. The van der Waals surface area contributed by atoms with E-state index in [0.29, 0.717) is 34.3 Å². The van der Waals surface area contributed by atoms with Gasteiger partial charge < -0.3 is 19.1 Å². The first kappa shape index (κ1) is 25.3. The number of aryl methyl sites for hydroxylation is 1. The molecule has 3 unspecified atom stereocenters. The molecule has 8 nitrogen and oxygen atoms in total. The topological polar surface area (TPSA) is 111 Å². The minimum absolute atomic E-state index is 0.0624. The smallest absolute Gasteiger partial charge is 0.412 e. The molecular formula is C28H29ClN2O6. The number of carboxylic acid groups (broad SMARTS) is 1. The molecule has 4 atom stereocenters. The number of carboxylic acids is 1. The van der Waals surface area contributed by atoms with Crippen molar-refractivity contribution in [3.63, 3.8) is 0 Å². The fraction of sp³-hybridized carbons (Fsp3) is 0.393. The van der Waals surface area contributed by atoms with Gasteiger partial charge in [-0.25, -0.2) is 4.79 Å². The SMILES string of the molecule is Cc1noc(-c2ccc(C3(C)COC4(CC(=O)O)CC4C3)cc2)c1NC(=O)O[C@H](C)c1ccccc1Cl. The van der Waals surface area contributed by atoms with Crippen molar-refractivity contribution in [2.24, 2.45) is 5.92 Å². The average Bonchev–Trinajstić information content (AvgIpc) is 3.42. The van der Waals surface area contributed by atoms with E-state index < -0.39 is 23.8 Å². The third kappa shape index (κ3) is 4.95. The number of ether oxygens (including phenoxy) is 2. The average molecular weight is 525 g/mol. The van der Waals surface area contributed by atoms with E-state index in [-0.39, 0.29) is 17.8 Å². The Balaban J connectivity index is 1.28. The number of hydrogen-bond donors (Lipinski definition) is 2. The summed E-state index contributed by atoms with van der Waals surface area (Å²) < 4.78 is 17.2. The molecule has 1 amide bonds. The first-order valence-corrected chi connectivity index (χ1v) is 12.6. The second kappa shape index (κ2) is 9.50. The molecule has 1 saturated heterocycles. The van der Waals surface area contributed by atoms with Gasteiger partial charge in [0.25, 0.3) is 0 Å². The Morgan fingerprint density at radius 1 is 1.22 bits per heavy atom. The van der Waals surface area contributed by atoms with Gasteiger partial charge in [0.1, 0.15) is 17.5 Å². The minimum atomic E-state index is -0.815. The molecule has 194 valence electrons. The second-order valence-electron chi connectivity index (χ2n) is 10.3. The van der Waals surface area contributed by atoms with E-state index >= 15 is 0 Å². The van der Waals surface area contributed by atoms with Crippen LogP contribution < -0.4 is 5.32 Å². The first-order chi connectivity index (χ1) is 17.6. The van der Waals surface area contributed by atoms with Crippen molar-refractivity contribution in [3.05, 3.63) is 70.4 Å². The lowest BCUT2D eigenvalue weighted by Crippen LogP contribution is -2.39. The Bertz CT molecular complexity index is 1340. The van der Waals surface area contributed by atoms with Crippen LogP contribution in [0.4, 0.5) is 10.5 Å². The summed E-state index contributed by atoms with van der Waals surface area (Å²) in [6.45, 7) is 6.12. The Morgan fingerprint density at radius 3 is 2.62 bits per heavy atom. The fourth-order valence-electron chi connectivity index (χ4n) is 5.32. The molecule has 1 saturated carbocycles. The number of hydrogen-bond acceptors (Lipinski definition) is 6. The van der Waals surface area contributed by atoms with Gasteiger partial charge in [0, 0.05) is 21.6 Å². The molecule has 0 bridgehead atoms. The van der Waals surface area contributed by atoms with E-state index in [2.05, 4.69) is 17.4 Å². The summed E-state index contributed by atoms with van der Waals surface area (Å²) in [5.74, 6) is -0.127. The summed E-state index contributed by atoms with van der Waals surface area (Å²) >= 11 is 6.22. The summed E-state index contributed by atoms with van der Waals surface area (Å²) in [6.07, 6.45) is 0.550. The molecule has 0 radical (unpaired) electrons. The number of carbonyl (C=O) groups excluding carboxylic acids is 1. The van der Waals surface area contributed by atoms with E-state index in [1.54, 1.807) is 19.9 Å². The number of anilines is 1. The van der Waals surface area contributed by atoms with Gasteiger partial charge in [0.15, 0.2) is 5.76 Å². The van der Waals surface area contributed by atoms with Gasteiger partial charge in [0.2, 0.25) is 0 Å². The maximum absolute atomic E-state index is 12.7. The lowest BCUT2D eigenvalue weighted by Gasteiger charge is -2.37. The van der Waals surface area contributed by atoms with Crippen LogP contribution in [0, 0.1) is 12.8 Å². The van der Waals surface area contributed by atoms with Crippen LogP contribution in [0.2, 0.25) is 5.02 Å². The summed E-state index contributed by atoms with van der Waals surface area (Å²) in [4.78, 5) is 23.9. The van der Waals surface area contributed by atoms with Crippen molar-refractivity contribution in [2.45, 2.75) is 57.2 Å². The Labute approximate surface area is 219 Å². The number of rotatable bonds is 7. The number of benzene rings is 2. The molecule has 1 aromatic heterocycles. The fourth-order valence-corrected chi connectivity index (χ4v) is 5.61. The number of aliphatic carboxylic acids is 1. The molecule has 1 aliphatic heterocycles. The lowest BCUT2D eigenvalue weighted by molar-refractivity contribution is -0.143. The Hall–Kier alpha value is -3.36. The van der Waals surface area contributed by atoms with Gasteiger partial charge in [-0.2, -0.15) is 0 Å². The van der Waals surface area contributed by atoms with Crippen LogP contribution in [0.25, 0.3) is 11.3 Å². The zero-order valence-corrected chi connectivity index (χ0v) is 21.7. The van der Waals surface area contributed by atoms with Gasteiger partial charge in [-0.3, -0.25) is 10.1 Å². The van der Waals surface area contributed by atoms with Crippen LogP contribution in [0.3, 0.4) is 0 Å². The van der Waals surface area contributed by atoms with Gasteiger partial charge in [-0.05, 0) is 44.2 Å². The second-order valence-corrected chi connectivity index (χ2v) is 10.7. The molecule has 2 fully saturated rings. The van der Waals surface area contributed by atoms with Gasteiger partial charge in [0.05, 0.1) is 18.6 Å². The Morgan fingerprint density at radius 2 is 1.95 bits per heavy atom. The van der Waals surface area contributed by atoms with Crippen molar-refractivity contribution >= 4 is 29.4 Å². The van der Waals surface area contributed by atoms with Crippen LogP contribution in [0.1, 0.15) is 56.0 Å². The molecule has 9 heteroatoms. The van der Waals surface area contributed by atoms with Crippen molar-refractivity contribution in [2.75, 3.05) is 11.9 Å². The predicted octanol–water partition coefficient (Wildman–Crippen LogP) is 6.52. The van der Waals surface area contributed by atoms with Crippen molar-refractivity contribution in [3.8, 4) is 11.3 Å². The highest BCUT2D eigenvalue weighted by atomic mass is 35.5. The molecule has 5 rings (SSSR count). The number of aromatic nitrogens is 1. The van der Waals surface area contributed by atoms with E-state index in [0.717, 1.165) is 24.0 Å². The summed E-state index contributed by atoms with van der Waals surface area (Å²) in [5.41, 5.74) is 2.84. The van der Waals surface area contributed by atoms with Crippen LogP contribution in [-0.2, 0) is 19.7 Å². The summed E-state index contributed by atoms with van der Waals surface area (Å²) in [7, 11) is 0. The highest BCUT2D eigenvalue weighted by Gasteiger charge is 2.62. The minimum Gasteiger partial charge on any atom is -0.481 e. The van der Waals surface area contributed by atoms with Gasteiger partial charge in [-0.1, -0.05) is 66.1 Å². The van der Waals surface area contributed by atoms with Crippen molar-refractivity contribution < 1.29 is 28.7 Å². The number of carbonyl (C=O) groups is 2.